The zero-order chi connectivity index (χ0) is 25.0. The number of carbonyl (C=O) groups is 2. The molecule has 178 valence electrons. The van der Waals surface area contributed by atoms with Crippen molar-refractivity contribution in [3.05, 3.63) is 86.9 Å². The van der Waals surface area contributed by atoms with Crippen molar-refractivity contribution in [3.63, 3.8) is 0 Å². The van der Waals surface area contributed by atoms with Crippen molar-refractivity contribution in [1.29, 1.82) is 0 Å². The minimum Gasteiger partial charge on any atom is -0.462 e. The number of ether oxygens (including phenoxy) is 1. The van der Waals surface area contributed by atoms with E-state index in [4.69, 9.17) is 27.9 Å². The Morgan fingerprint density at radius 3 is 2.38 bits per heavy atom. The molecule has 7 nitrogen and oxygen atoms in total. The SMILES string of the molecule is CCOC(=O)c1ccc(NC(=O)c2ccc(Cl)c(S(=O)(=O)Nc3cccc(C)c3C)c2)cc1Cl. The van der Waals surface area contributed by atoms with Crippen LogP contribution in [0.4, 0.5) is 11.4 Å². The number of nitrogens with one attached hydrogen (secondary N) is 2. The summed E-state index contributed by atoms with van der Waals surface area (Å²) in [7, 11) is -4.07. The molecule has 0 unspecified atom stereocenters. The Morgan fingerprint density at radius 2 is 1.71 bits per heavy atom. The molecule has 0 aliphatic heterocycles. The molecule has 0 saturated carbocycles. The topological polar surface area (TPSA) is 102 Å². The molecule has 0 spiro atoms. The molecule has 0 atom stereocenters. The lowest BCUT2D eigenvalue weighted by molar-refractivity contribution is 0.0526. The van der Waals surface area contributed by atoms with Crippen LogP contribution < -0.4 is 10.0 Å². The van der Waals surface area contributed by atoms with E-state index in [1.165, 1.54) is 36.4 Å². The molecular formula is C24H22Cl2N2O5S. The first-order valence-electron chi connectivity index (χ1n) is 10.2. The second-order valence-electron chi connectivity index (χ2n) is 7.37. The standard InChI is InChI=1S/C24H22Cl2N2O5S/c1-4-33-24(30)18-10-9-17(13-20(18)26)27-23(29)16-8-11-19(25)22(12-16)34(31,32)28-21-7-5-6-14(2)15(21)3/h5-13,28H,4H2,1-3H3,(H,27,29). The first kappa shape index (κ1) is 25.6. The van der Waals surface area contributed by atoms with Crippen LogP contribution >= 0.6 is 23.2 Å². The summed E-state index contributed by atoms with van der Waals surface area (Å²) >= 11 is 12.3. The fourth-order valence-corrected chi connectivity index (χ4v) is 4.99. The number of anilines is 2. The van der Waals surface area contributed by atoms with Crippen LogP contribution in [-0.2, 0) is 14.8 Å². The number of halogens is 2. The Bertz CT molecular complexity index is 1370. The average Bonchev–Trinajstić information content (AvgIpc) is 2.77. The first-order chi connectivity index (χ1) is 16.0. The quantitative estimate of drug-likeness (QED) is 0.381. The molecule has 3 rings (SSSR count). The van der Waals surface area contributed by atoms with Gasteiger partial charge in [0, 0.05) is 11.3 Å². The second-order valence-corrected chi connectivity index (χ2v) is 9.83. The summed E-state index contributed by atoms with van der Waals surface area (Å²) in [6.45, 7) is 5.56. The minimum atomic E-state index is -4.07. The summed E-state index contributed by atoms with van der Waals surface area (Å²) in [5, 5.41) is 2.70. The number of carbonyl (C=O) groups excluding carboxylic acids is 2. The van der Waals surface area contributed by atoms with Gasteiger partial charge >= 0.3 is 5.97 Å². The largest absolute Gasteiger partial charge is 0.462 e. The number of aryl methyl sites for hydroxylation is 1. The third kappa shape index (κ3) is 5.70. The third-order valence-electron chi connectivity index (χ3n) is 5.05. The Balaban J connectivity index is 1.85. The van der Waals surface area contributed by atoms with Crippen LogP contribution in [0.3, 0.4) is 0 Å². The van der Waals surface area contributed by atoms with Crippen LogP contribution in [0.2, 0.25) is 10.0 Å². The van der Waals surface area contributed by atoms with Crippen LogP contribution in [0, 0.1) is 13.8 Å². The Labute approximate surface area is 208 Å². The molecule has 0 heterocycles. The van der Waals surface area contributed by atoms with Gasteiger partial charge in [-0.05, 0) is 74.4 Å². The highest BCUT2D eigenvalue weighted by atomic mass is 35.5. The molecule has 0 fully saturated rings. The maximum Gasteiger partial charge on any atom is 0.339 e. The van der Waals surface area contributed by atoms with Gasteiger partial charge in [-0.25, -0.2) is 13.2 Å². The van der Waals surface area contributed by atoms with Gasteiger partial charge in [0.15, 0.2) is 0 Å². The number of benzene rings is 3. The number of rotatable bonds is 7. The molecular weight excluding hydrogens is 499 g/mol. The molecule has 0 radical (unpaired) electrons. The molecule has 0 bridgehead atoms. The van der Waals surface area contributed by atoms with E-state index in [2.05, 4.69) is 10.0 Å². The third-order valence-corrected chi connectivity index (χ3v) is 7.21. The summed E-state index contributed by atoms with van der Waals surface area (Å²) in [6, 6.07) is 13.5. The molecule has 3 aromatic rings. The van der Waals surface area contributed by atoms with Gasteiger partial charge < -0.3 is 10.1 Å². The average molecular weight is 521 g/mol. The van der Waals surface area contributed by atoms with Crippen molar-refractivity contribution in [2.24, 2.45) is 0 Å². The van der Waals surface area contributed by atoms with Gasteiger partial charge in [-0.15, -0.1) is 0 Å². The van der Waals surface area contributed by atoms with Crippen molar-refractivity contribution in [3.8, 4) is 0 Å². The summed E-state index contributed by atoms with van der Waals surface area (Å²) in [5.41, 5.74) is 2.67. The lowest BCUT2D eigenvalue weighted by atomic mass is 10.1. The van der Waals surface area contributed by atoms with Crippen LogP contribution in [0.15, 0.2) is 59.5 Å². The van der Waals surface area contributed by atoms with E-state index in [0.717, 1.165) is 11.1 Å². The normalized spacial score (nSPS) is 11.1. The fraction of sp³-hybridized carbons (Fsp3) is 0.167. The van der Waals surface area contributed by atoms with E-state index in [1.807, 2.05) is 13.0 Å². The maximum absolute atomic E-state index is 13.0. The van der Waals surface area contributed by atoms with Gasteiger partial charge in [0.2, 0.25) is 0 Å². The van der Waals surface area contributed by atoms with Gasteiger partial charge in [-0.1, -0.05) is 35.3 Å². The molecule has 0 aliphatic carbocycles. The van der Waals surface area contributed by atoms with E-state index in [0.29, 0.717) is 11.4 Å². The van der Waals surface area contributed by atoms with Gasteiger partial charge in [0.05, 0.1) is 27.9 Å². The summed E-state index contributed by atoms with van der Waals surface area (Å²) in [5.74, 6) is -1.16. The fourth-order valence-electron chi connectivity index (χ4n) is 3.08. The number of amides is 1. The van der Waals surface area contributed by atoms with E-state index < -0.39 is 21.9 Å². The number of hydrogen-bond acceptors (Lipinski definition) is 5. The lowest BCUT2D eigenvalue weighted by Gasteiger charge is -2.14. The van der Waals surface area contributed by atoms with Crippen molar-refractivity contribution in [1.82, 2.24) is 0 Å². The molecule has 0 aliphatic rings. The summed E-state index contributed by atoms with van der Waals surface area (Å²) < 4.78 is 33.5. The zero-order valence-electron chi connectivity index (χ0n) is 18.6. The van der Waals surface area contributed by atoms with Crippen molar-refractivity contribution in [2.75, 3.05) is 16.6 Å². The zero-order valence-corrected chi connectivity index (χ0v) is 20.9. The van der Waals surface area contributed by atoms with E-state index in [9.17, 15) is 18.0 Å². The summed E-state index contributed by atoms with van der Waals surface area (Å²) in [6.07, 6.45) is 0. The monoisotopic (exact) mass is 520 g/mol. The molecule has 1 amide bonds. The van der Waals surface area contributed by atoms with Gasteiger partial charge in [0.25, 0.3) is 15.9 Å². The van der Waals surface area contributed by atoms with Crippen LogP contribution in [-0.4, -0.2) is 26.9 Å². The number of esters is 1. The lowest BCUT2D eigenvalue weighted by Crippen LogP contribution is -2.17. The molecule has 10 heteroatoms. The number of sulfonamides is 1. The molecule has 2 N–H and O–H groups in total. The van der Waals surface area contributed by atoms with Gasteiger partial charge in [-0.3, -0.25) is 9.52 Å². The highest BCUT2D eigenvalue weighted by Crippen LogP contribution is 2.28. The van der Waals surface area contributed by atoms with E-state index >= 15 is 0 Å². The minimum absolute atomic E-state index is 0.0313. The van der Waals surface area contributed by atoms with Crippen molar-refractivity contribution in [2.45, 2.75) is 25.7 Å². The molecule has 3 aromatic carbocycles. The van der Waals surface area contributed by atoms with E-state index in [-0.39, 0.29) is 32.7 Å². The summed E-state index contributed by atoms with van der Waals surface area (Å²) in [4.78, 5) is 24.4. The van der Waals surface area contributed by atoms with E-state index in [1.54, 1.807) is 26.0 Å². The number of hydrogen-bond donors (Lipinski definition) is 2. The predicted molar refractivity (Wildman–Crippen MR) is 134 cm³/mol. The molecule has 0 aromatic heterocycles. The van der Waals surface area contributed by atoms with Gasteiger partial charge in [-0.2, -0.15) is 0 Å². The second kappa shape index (κ2) is 10.5. The molecule has 34 heavy (non-hydrogen) atoms. The predicted octanol–water partition coefficient (Wildman–Crippen LogP) is 5.84. The van der Waals surface area contributed by atoms with Crippen molar-refractivity contribution >= 4 is 56.5 Å². The first-order valence-corrected chi connectivity index (χ1v) is 12.4. The molecule has 0 saturated heterocycles. The van der Waals surface area contributed by atoms with Crippen LogP contribution in [0.1, 0.15) is 38.8 Å². The maximum atomic E-state index is 13.0. The highest BCUT2D eigenvalue weighted by Gasteiger charge is 2.22. The van der Waals surface area contributed by atoms with Crippen LogP contribution in [0.5, 0.6) is 0 Å². The smallest absolute Gasteiger partial charge is 0.339 e. The van der Waals surface area contributed by atoms with Gasteiger partial charge in [0.1, 0.15) is 4.90 Å². The Morgan fingerprint density at radius 1 is 0.971 bits per heavy atom. The van der Waals surface area contributed by atoms with Crippen LogP contribution in [0.25, 0.3) is 0 Å². The van der Waals surface area contributed by atoms with Crippen molar-refractivity contribution < 1.29 is 22.7 Å². The Hall–Kier alpha value is -3.07. The highest BCUT2D eigenvalue weighted by molar-refractivity contribution is 7.92. The Kier molecular flexibility index (Phi) is 7.86.